The van der Waals surface area contributed by atoms with Gasteiger partial charge in [-0.25, -0.2) is 8.78 Å². The Morgan fingerprint density at radius 2 is 1.66 bits per heavy atom. The second-order valence-electron chi connectivity index (χ2n) is 6.83. The van der Waals surface area contributed by atoms with Crippen molar-refractivity contribution in [3.05, 3.63) is 65.7 Å². The highest BCUT2D eigenvalue weighted by atomic mass is 19.1. The minimum atomic E-state index is -0.861. The summed E-state index contributed by atoms with van der Waals surface area (Å²) in [6, 6.07) is 10.8. The van der Waals surface area contributed by atoms with Gasteiger partial charge in [-0.2, -0.15) is 0 Å². The summed E-state index contributed by atoms with van der Waals surface area (Å²) in [6.07, 6.45) is 0.732. The molecule has 2 rings (SSSR count). The third kappa shape index (κ3) is 6.27. The number of para-hydroxylation sites is 1. The standard InChI is InChI=1S/C22H26F2N2O3/c1-4-15(2)25-22(28)16(3)26(13-17-9-5-6-10-18(17)23)21(27)14-29-20-12-8-7-11-19(20)24/h5-12,15-16H,4,13-14H2,1-3H3,(H,25,28). The van der Waals surface area contributed by atoms with Gasteiger partial charge in [0.05, 0.1) is 0 Å². The highest BCUT2D eigenvalue weighted by Gasteiger charge is 2.28. The predicted octanol–water partition coefficient (Wildman–Crippen LogP) is 3.68. The van der Waals surface area contributed by atoms with E-state index in [0.717, 1.165) is 6.42 Å². The van der Waals surface area contributed by atoms with Crippen LogP contribution in [0.4, 0.5) is 8.78 Å². The topological polar surface area (TPSA) is 58.6 Å². The van der Waals surface area contributed by atoms with Crippen LogP contribution >= 0.6 is 0 Å². The summed E-state index contributed by atoms with van der Waals surface area (Å²) in [4.78, 5) is 26.6. The molecule has 0 saturated carbocycles. The van der Waals surface area contributed by atoms with Crippen LogP contribution in [0.3, 0.4) is 0 Å². The third-order valence-corrected chi connectivity index (χ3v) is 4.65. The van der Waals surface area contributed by atoms with Crippen molar-refractivity contribution < 1.29 is 23.1 Å². The molecule has 2 atom stereocenters. The SMILES string of the molecule is CCC(C)NC(=O)C(C)N(Cc1ccccc1F)C(=O)COc1ccccc1F. The van der Waals surface area contributed by atoms with Crippen molar-refractivity contribution in [2.45, 2.75) is 45.8 Å². The van der Waals surface area contributed by atoms with E-state index >= 15 is 0 Å². The number of ether oxygens (including phenoxy) is 1. The van der Waals surface area contributed by atoms with Gasteiger partial charge in [0.25, 0.3) is 5.91 Å². The average molecular weight is 404 g/mol. The average Bonchev–Trinajstić information content (AvgIpc) is 2.71. The van der Waals surface area contributed by atoms with Crippen LogP contribution in [0, 0.1) is 11.6 Å². The Morgan fingerprint density at radius 3 is 2.28 bits per heavy atom. The Labute approximate surface area is 169 Å². The van der Waals surface area contributed by atoms with Gasteiger partial charge >= 0.3 is 0 Å². The molecule has 0 aliphatic carbocycles. The van der Waals surface area contributed by atoms with Crippen molar-refractivity contribution in [1.29, 1.82) is 0 Å². The number of carbonyl (C=O) groups excluding carboxylic acids is 2. The van der Waals surface area contributed by atoms with Crippen molar-refractivity contribution >= 4 is 11.8 Å². The number of rotatable bonds is 9. The van der Waals surface area contributed by atoms with Gasteiger partial charge in [0.1, 0.15) is 11.9 Å². The predicted molar refractivity (Wildman–Crippen MR) is 106 cm³/mol. The van der Waals surface area contributed by atoms with E-state index in [2.05, 4.69) is 5.32 Å². The Morgan fingerprint density at radius 1 is 1.03 bits per heavy atom. The summed E-state index contributed by atoms with van der Waals surface area (Å²) in [5, 5.41) is 2.82. The molecule has 0 spiro atoms. The molecule has 0 aromatic heterocycles. The molecule has 2 aromatic rings. The lowest BCUT2D eigenvalue weighted by Crippen LogP contribution is -2.50. The molecule has 2 aromatic carbocycles. The van der Waals surface area contributed by atoms with Crippen LogP contribution in [0.15, 0.2) is 48.5 Å². The van der Waals surface area contributed by atoms with E-state index < -0.39 is 30.2 Å². The van der Waals surface area contributed by atoms with Crippen LogP contribution in [0.2, 0.25) is 0 Å². The molecule has 0 radical (unpaired) electrons. The van der Waals surface area contributed by atoms with Gasteiger partial charge in [-0.05, 0) is 38.5 Å². The summed E-state index contributed by atoms with van der Waals surface area (Å²) in [7, 11) is 0. The molecule has 156 valence electrons. The quantitative estimate of drug-likeness (QED) is 0.694. The molecule has 2 amide bonds. The number of hydrogen-bond acceptors (Lipinski definition) is 3. The van der Waals surface area contributed by atoms with Gasteiger partial charge in [0.2, 0.25) is 5.91 Å². The first-order chi connectivity index (χ1) is 13.8. The van der Waals surface area contributed by atoms with E-state index in [1.54, 1.807) is 31.2 Å². The highest BCUT2D eigenvalue weighted by Crippen LogP contribution is 2.17. The maximum Gasteiger partial charge on any atom is 0.261 e. The normalized spacial score (nSPS) is 12.7. The molecule has 0 bridgehead atoms. The zero-order valence-electron chi connectivity index (χ0n) is 16.8. The molecule has 0 saturated heterocycles. The number of hydrogen-bond donors (Lipinski definition) is 1. The van der Waals surface area contributed by atoms with Crippen molar-refractivity contribution in [2.24, 2.45) is 0 Å². The van der Waals surface area contributed by atoms with Crippen molar-refractivity contribution in [3.8, 4) is 5.75 Å². The molecule has 0 aliphatic heterocycles. The molecule has 29 heavy (non-hydrogen) atoms. The van der Waals surface area contributed by atoms with E-state index in [-0.39, 0.29) is 29.8 Å². The first-order valence-electron chi connectivity index (χ1n) is 9.54. The Balaban J connectivity index is 2.18. The fourth-order valence-corrected chi connectivity index (χ4v) is 2.64. The summed E-state index contributed by atoms with van der Waals surface area (Å²) >= 11 is 0. The molecule has 1 N–H and O–H groups in total. The van der Waals surface area contributed by atoms with Crippen LogP contribution in [0.5, 0.6) is 5.75 Å². The summed E-state index contributed by atoms with van der Waals surface area (Å²) < 4.78 is 33.2. The van der Waals surface area contributed by atoms with Crippen LogP contribution in [-0.4, -0.2) is 35.4 Å². The maximum absolute atomic E-state index is 14.1. The zero-order valence-corrected chi connectivity index (χ0v) is 16.8. The van der Waals surface area contributed by atoms with Gasteiger partial charge in [-0.3, -0.25) is 9.59 Å². The molecule has 2 unspecified atom stereocenters. The number of halogens is 2. The van der Waals surface area contributed by atoms with Crippen LogP contribution in [0.1, 0.15) is 32.8 Å². The number of nitrogens with zero attached hydrogens (tertiary/aromatic N) is 1. The Kier molecular flexibility index (Phi) is 8.12. The Bertz CT molecular complexity index is 844. The summed E-state index contributed by atoms with van der Waals surface area (Å²) in [5.41, 5.74) is 0.273. The summed E-state index contributed by atoms with van der Waals surface area (Å²) in [6.45, 7) is 4.77. The summed E-state index contributed by atoms with van der Waals surface area (Å²) in [5.74, 6) is -2.04. The van der Waals surface area contributed by atoms with E-state index in [0.29, 0.717) is 0 Å². The lowest BCUT2D eigenvalue weighted by Gasteiger charge is -2.29. The highest BCUT2D eigenvalue weighted by molar-refractivity contribution is 5.88. The Hall–Kier alpha value is -2.96. The third-order valence-electron chi connectivity index (χ3n) is 4.65. The molecule has 5 nitrogen and oxygen atoms in total. The lowest BCUT2D eigenvalue weighted by atomic mass is 10.1. The van der Waals surface area contributed by atoms with Crippen LogP contribution < -0.4 is 10.1 Å². The zero-order chi connectivity index (χ0) is 21.4. The number of benzene rings is 2. The van der Waals surface area contributed by atoms with E-state index in [4.69, 9.17) is 4.74 Å². The lowest BCUT2D eigenvalue weighted by molar-refractivity contribution is -0.142. The molecule has 0 heterocycles. The number of carbonyl (C=O) groups is 2. The van der Waals surface area contributed by atoms with Gasteiger partial charge in [-0.15, -0.1) is 0 Å². The van der Waals surface area contributed by atoms with Crippen LogP contribution in [0.25, 0.3) is 0 Å². The molecular weight excluding hydrogens is 378 g/mol. The van der Waals surface area contributed by atoms with E-state index in [9.17, 15) is 18.4 Å². The number of nitrogens with one attached hydrogen (secondary N) is 1. The first-order valence-corrected chi connectivity index (χ1v) is 9.54. The first kappa shape index (κ1) is 22.3. The van der Waals surface area contributed by atoms with Gasteiger partial charge < -0.3 is 15.0 Å². The molecule has 0 aliphatic rings. The number of amides is 2. The molecular formula is C22H26F2N2O3. The van der Waals surface area contributed by atoms with Gasteiger partial charge in [0, 0.05) is 18.2 Å². The smallest absolute Gasteiger partial charge is 0.261 e. The molecule has 0 fully saturated rings. The van der Waals surface area contributed by atoms with Crippen molar-refractivity contribution in [2.75, 3.05) is 6.61 Å². The van der Waals surface area contributed by atoms with Crippen molar-refractivity contribution in [3.63, 3.8) is 0 Å². The fraction of sp³-hybridized carbons (Fsp3) is 0.364. The fourth-order valence-electron chi connectivity index (χ4n) is 2.64. The second kappa shape index (κ2) is 10.5. The molecule has 7 heteroatoms. The second-order valence-corrected chi connectivity index (χ2v) is 6.83. The maximum atomic E-state index is 14.1. The monoisotopic (exact) mass is 404 g/mol. The van der Waals surface area contributed by atoms with E-state index in [1.807, 2.05) is 13.8 Å². The van der Waals surface area contributed by atoms with Gasteiger partial charge in [-0.1, -0.05) is 37.3 Å². The van der Waals surface area contributed by atoms with Gasteiger partial charge in [0.15, 0.2) is 18.2 Å². The van der Waals surface area contributed by atoms with E-state index in [1.165, 1.54) is 29.2 Å². The minimum absolute atomic E-state index is 0.0648. The van der Waals surface area contributed by atoms with Crippen LogP contribution in [-0.2, 0) is 16.1 Å². The minimum Gasteiger partial charge on any atom is -0.481 e. The van der Waals surface area contributed by atoms with Crippen molar-refractivity contribution in [1.82, 2.24) is 10.2 Å². The largest absolute Gasteiger partial charge is 0.481 e.